The summed E-state index contributed by atoms with van der Waals surface area (Å²) in [5.41, 5.74) is 2.33. The molecule has 0 amide bonds. The van der Waals surface area contributed by atoms with Crippen molar-refractivity contribution in [3.8, 4) is 0 Å². The maximum absolute atomic E-state index is 12.5. The first-order chi connectivity index (χ1) is 9.18. The number of fused-ring (bicyclic) bond motifs is 1. The summed E-state index contributed by atoms with van der Waals surface area (Å²) in [7, 11) is -3.40. The summed E-state index contributed by atoms with van der Waals surface area (Å²) >= 11 is 0. The Morgan fingerprint density at radius 3 is 2.40 bits per heavy atom. The van der Waals surface area contributed by atoms with E-state index in [0.717, 1.165) is 25.1 Å². The average Bonchev–Trinajstić information content (AvgIpc) is 2.47. The fourth-order valence-corrected chi connectivity index (χ4v) is 3.69. The highest BCUT2D eigenvalue weighted by molar-refractivity contribution is 7.91. The molecule has 0 aromatic heterocycles. The van der Waals surface area contributed by atoms with Gasteiger partial charge in [0.25, 0.3) is 0 Å². The van der Waals surface area contributed by atoms with Crippen molar-refractivity contribution in [2.75, 3.05) is 6.54 Å². The lowest BCUT2D eigenvalue weighted by atomic mass is 10.0. The standard InChI is InChI=1S/C15H15NO2S.ClH/c17-19(18,14-4-2-1-3-5-14)15-7-6-12-8-9-16-11-13(12)10-15;/h1-7,10,16H,8-9,11H2;1H. The van der Waals surface area contributed by atoms with Crippen molar-refractivity contribution in [2.45, 2.75) is 22.8 Å². The first-order valence-electron chi connectivity index (χ1n) is 6.30. The van der Waals surface area contributed by atoms with Crippen LogP contribution in [0.3, 0.4) is 0 Å². The van der Waals surface area contributed by atoms with Gasteiger partial charge in [0.05, 0.1) is 9.79 Å². The Bertz CT molecular complexity index is 699. The van der Waals surface area contributed by atoms with Gasteiger partial charge in [0.1, 0.15) is 0 Å². The zero-order valence-electron chi connectivity index (χ0n) is 10.9. The Kier molecular flexibility index (Phi) is 4.48. The molecule has 0 atom stereocenters. The third-order valence-electron chi connectivity index (χ3n) is 3.43. The summed E-state index contributed by atoms with van der Waals surface area (Å²) in [6.07, 6.45) is 0.959. The summed E-state index contributed by atoms with van der Waals surface area (Å²) in [5, 5.41) is 3.26. The van der Waals surface area contributed by atoms with Crippen LogP contribution in [0.15, 0.2) is 58.3 Å². The molecule has 1 heterocycles. The quantitative estimate of drug-likeness (QED) is 0.927. The first kappa shape index (κ1) is 15.0. The topological polar surface area (TPSA) is 46.2 Å². The Balaban J connectivity index is 0.00000147. The fraction of sp³-hybridized carbons (Fsp3) is 0.200. The van der Waals surface area contributed by atoms with Gasteiger partial charge in [0, 0.05) is 6.54 Å². The van der Waals surface area contributed by atoms with Crippen LogP contribution in [-0.2, 0) is 22.8 Å². The summed E-state index contributed by atoms with van der Waals surface area (Å²) < 4.78 is 25.0. The number of sulfone groups is 1. The molecule has 3 rings (SSSR count). The van der Waals surface area contributed by atoms with Gasteiger partial charge in [-0.1, -0.05) is 24.3 Å². The second kappa shape index (κ2) is 5.95. The minimum absolute atomic E-state index is 0. The van der Waals surface area contributed by atoms with Crippen molar-refractivity contribution >= 4 is 22.2 Å². The second-order valence-corrected chi connectivity index (χ2v) is 6.62. The van der Waals surface area contributed by atoms with Gasteiger partial charge in [-0.2, -0.15) is 0 Å². The van der Waals surface area contributed by atoms with Gasteiger partial charge in [-0.3, -0.25) is 0 Å². The summed E-state index contributed by atoms with van der Waals surface area (Å²) in [4.78, 5) is 0.722. The van der Waals surface area contributed by atoms with Gasteiger partial charge in [0.2, 0.25) is 9.84 Å². The molecule has 106 valence electrons. The molecule has 0 fully saturated rings. The lowest BCUT2D eigenvalue weighted by molar-refractivity contribution is 0.594. The van der Waals surface area contributed by atoms with Crippen LogP contribution in [0, 0.1) is 0 Å². The minimum atomic E-state index is -3.40. The van der Waals surface area contributed by atoms with E-state index in [1.165, 1.54) is 5.56 Å². The first-order valence-corrected chi connectivity index (χ1v) is 7.79. The third-order valence-corrected chi connectivity index (χ3v) is 5.20. The fourth-order valence-electron chi connectivity index (χ4n) is 2.36. The van der Waals surface area contributed by atoms with Gasteiger partial charge in [0.15, 0.2) is 0 Å². The van der Waals surface area contributed by atoms with E-state index in [1.807, 2.05) is 12.1 Å². The van der Waals surface area contributed by atoms with Crippen molar-refractivity contribution in [2.24, 2.45) is 0 Å². The van der Waals surface area contributed by atoms with Gasteiger partial charge >= 0.3 is 0 Å². The molecule has 2 aromatic carbocycles. The molecule has 1 aliphatic heterocycles. The lowest BCUT2D eigenvalue weighted by Gasteiger charge is -2.17. The highest BCUT2D eigenvalue weighted by Crippen LogP contribution is 2.24. The van der Waals surface area contributed by atoms with Crippen molar-refractivity contribution in [1.82, 2.24) is 5.32 Å². The van der Waals surface area contributed by atoms with E-state index in [-0.39, 0.29) is 12.4 Å². The number of rotatable bonds is 2. The van der Waals surface area contributed by atoms with Crippen LogP contribution in [0.1, 0.15) is 11.1 Å². The molecule has 0 unspecified atom stereocenters. The molecule has 0 saturated heterocycles. The largest absolute Gasteiger partial charge is 0.312 e. The average molecular weight is 310 g/mol. The van der Waals surface area contributed by atoms with Crippen LogP contribution in [0.4, 0.5) is 0 Å². The van der Waals surface area contributed by atoms with Crippen molar-refractivity contribution in [3.05, 3.63) is 59.7 Å². The van der Waals surface area contributed by atoms with Crippen LogP contribution in [0.5, 0.6) is 0 Å². The smallest absolute Gasteiger partial charge is 0.206 e. The van der Waals surface area contributed by atoms with Gasteiger partial charge in [-0.05, 0) is 48.4 Å². The molecule has 3 nitrogen and oxygen atoms in total. The van der Waals surface area contributed by atoms with Crippen LogP contribution in [0.25, 0.3) is 0 Å². The monoisotopic (exact) mass is 309 g/mol. The van der Waals surface area contributed by atoms with E-state index in [0.29, 0.717) is 9.79 Å². The Labute approximate surface area is 125 Å². The van der Waals surface area contributed by atoms with Crippen molar-refractivity contribution in [3.63, 3.8) is 0 Å². The molecule has 1 aliphatic rings. The molecule has 0 bridgehead atoms. The predicted octanol–water partition coefficient (Wildman–Crippen LogP) is 2.59. The van der Waals surface area contributed by atoms with Crippen LogP contribution >= 0.6 is 12.4 Å². The summed E-state index contributed by atoms with van der Waals surface area (Å²) in [5.74, 6) is 0. The number of hydrogen-bond donors (Lipinski definition) is 1. The lowest BCUT2D eigenvalue weighted by Crippen LogP contribution is -2.23. The normalized spacial score (nSPS) is 14.2. The molecule has 0 radical (unpaired) electrons. The van der Waals surface area contributed by atoms with E-state index < -0.39 is 9.84 Å². The molecule has 2 aromatic rings. The Hall–Kier alpha value is -1.36. The van der Waals surface area contributed by atoms with E-state index in [2.05, 4.69) is 5.32 Å². The summed E-state index contributed by atoms with van der Waals surface area (Å²) in [6, 6.07) is 14.0. The van der Waals surface area contributed by atoms with Crippen molar-refractivity contribution < 1.29 is 8.42 Å². The van der Waals surface area contributed by atoms with Gasteiger partial charge in [-0.25, -0.2) is 8.42 Å². The zero-order valence-corrected chi connectivity index (χ0v) is 12.5. The Morgan fingerprint density at radius 2 is 1.65 bits per heavy atom. The highest BCUT2D eigenvalue weighted by atomic mass is 35.5. The molecule has 0 spiro atoms. The van der Waals surface area contributed by atoms with E-state index in [1.54, 1.807) is 36.4 Å². The zero-order chi connectivity index (χ0) is 13.3. The van der Waals surface area contributed by atoms with Crippen molar-refractivity contribution in [1.29, 1.82) is 0 Å². The highest BCUT2D eigenvalue weighted by Gasteiger charge is 2.19. The molecule has 0 saturated carbocycles. The van der Waals surface area contributed by atoms with Crippen LogP contribution in [-0.4, -0.2) is 15.0 Å². The number of halogens is 1. The van der Waals surface area contributed by atoms with E-state index in [4.69, 9.17) is 0 Å². The third kappa shape index (κ3) is 2.73. The van der Waals surface area contributed by atoms with Gasteiger partial charge < -0.3 is 5.32 Å². The maximum Gasteiger partial charge on any atom is 0.206 e. The number of nitrogens with one attached hydrogen (secondary N) is 1. The molecular formula is C15H16ClNO2S. The number of hydrogen-bond acceptors (Lipinski definition) is 3. The maximum atomic E-state index is 12.5. The SMILES string of the molecule is Cl.O=S(=O)(c1ccccc1)c1ccc2c(c1)CNCC2. The van der Waals surface area contributed by atoms with E-state index >= 15 is 0 Å². The predicted molar refractivity (Wildman–Crippen MR) is 81.0 cm³/mol. The molecule has 1 N–H and O–H groups in total. The molecule has 5 heteroatoms. The van der Waals surface area contributed by atoms with Crippen LogP contribution in [0.2, 0.25) is 0 Å². The second-order valence-electron chi connectivity index (χ2n) is 4.67. The van der Waals surface area contributed by atoms with E-state index in [9.17, 15) is 8.42 Å². The molecule has 20 heavy (non-hydrogen) atoms. The number of benzene rings is 2. The van der Waals surface area contributed by atoms with Gasteiger partial charge in [-0.15, -0.1) is 12.4 Å². The Morgan fingerprint density at radius 1 is 0.900 bits per heavy atom. The van der Waals surface area contributed by atoms with Crippen LogP contribution < -0.4 is 5.32 Å². The summed E-state index contributed by atoms with van der Waals surface area (Å²) in [6.45, 7) is 1.70. The molecular weight excluding hydrogens is 294 g/mol. The minimum Gasteiger partial charge on any atom is -0.312 e. The molecule has 0 aliphatic carbocycles.